The van der Waals surface area contributed by atoms with Crippen LogP contribution in [0.25, 0.3) is 0 Å². The van der Waals surface area contributed by atoms with Crippen molar-refractivity contribution in [2.24, 2.45) is 0 Å². The standard InChI is InChI=1S/C18H18ClNO5S/c19-16-5-2-4-15(12-16)18(21)25-13-14-3-1-6-17(11-14)26(22,23)20-7-9-24-10-8-20/h1-6,11-12H,7-10,13H2. The van der Waals surface area contributed by atoms with Crippen molar-refractivity contribution in [2.45, 2.75) is 11.5 Å². The summed E-state index contributed by atoms with van der Waals surface area (Å²) in [6, 6.07) is 12.9. The Morgan fingerprint density at radius 1 is 1.12 bits per heavy atom. The summed E-state index contributed by atoms with van der Waals surface area (Å²) in [5.74, 6) is -0.520. The maximum atomic E-state index is 12.7. The van der Waals surface area contributed by atoms with Crippen molar-refractivity contribution in [1.29, 1.82) is 0 Å². The predicted octanol–water partition coefficient (Wildman–Crippen LogP) is 2.72. The number of sulfonamides is 1. The van der Waals surface area contributed by atoms with Gasteiger partial charge in [0.15, 0.2) is 0 Å². The summed E-state index contributed by atoms with van der Waals surface area (Å²) in [6.07, 6.45) is 0. The Bertz CT molecular complexity index is 894. The van der Waals surface area contributed by atoms with E-state index in [9.17, 15) is 13.2 Å². The van der Waals surface area contributed by atoms with E-state index in [1.54, 1.807) is 30.3 Å². The normalized spacial score (nSPS) is 15.6. The van der Waals surface area contributed by atoms with Gasteiger partial charge in [-0.25, -0.2) is 13.2 Å². The van der Waals surface area contributed by atoms with Crippen LogP contribution < -0.4 is 0 Å². The van der Waals surface area contributed by atoms with Gasteiger partial charge in [-0.2, -0.15) is 4.31 Å². The van der Waals surface area contributed by atoms with E-state index in [1.165, 1.54) is 22.5 Å². The third kappa shape index (κ3) is 4.42. The molecule has 138 valence electrons. The SMILES string of the molecule is O=C(OCc1cccc(S(=O)(=O)N2CCOCC2)c1)c1cccc(Cl)c1. The van der Waals surface area contributed by atoms with Gasteiger partial charge >= 0.3 is 5.97 Å². The van der Waals surface area contributed by atoms with E-state index < -0.39 is 16.0 Å². The van der Waals surface area contributed by atoms with Gasteiger partial charge in [-0.05, 0) is 35.9 Å². The molecule has 1 aliphatic rings. The van der Waals surface area contributed by atoms with Gasteiger partial charge in [0.05, 0.1) is 23.7 Å². The molecule has 1 heterocycles. The molecule has 0 spiro atoms. The lowest BCUT2D eigenvalue weighted by atomic mass is 10.2. The maximum absolute atomic E-state index is 12.7. The fraction of sp³-hybridized carbons (Fsp3) is 0.278. The van der Waals surface area contributed by atoms with E-state index in [2.05, 4.69) is 0 Å². The van der Waals surface area contributed by atoms with Gasteiger partial charge in [-0.15, -0.1) is 0 Å². The number of esters is 1. The molecule has 1 fully saturated rings. The molecule has 0 atom stereocenters. The Balaban J connectivity index is 1.70. The van der Waals surface area contributed by atoms with E-state index in [1.807, 2.05) is 0 Å². The summed E-state index contributed by atoms with van der Waals surface area (Å²) in [5, 5.41) is 0.443. The van der Waals surface area contributed by atoms with Crippen LogP contribution in [-0.2, 0) is 26.1 Å². The number of benzene rings is 2. The molecule has 1 saturated heterocycles. The summed E-state index contributed by atoms with van der Waals surface area (Å²) in [5.41, 5.74) is 0.935. The van der Waals surface area contributed by atoms with Crippen molar-refractivity contribution >= 4 is 27.6 Å². The predicted molar refractivity (Wildman–Crippen MR) is 96.6 cm³/mol. The molecule has 2 aromatic carbocycles. The lowest BCUT2D eigenvalue weighted by molar-refractivity contribution is 0.0472. The smallest absolute Gasteiger partial charge is 0.338 e. The number of ether oxygens (including phenoxy) is 2. The van der Waals surface area contributed by atoms with Crippen LogP contribution in [0.5, 0.6) is 0 Å². The molecule has 0 amide bonds. The number of carbonyl (C=O) groups excluding carboxylic acids is 1. The van der Waals surface area contributed by atoms with Crippen LogP contribution in [0.2, 0.25) is 5.02 Å². The highest BCUT2D eigenvalue weighted by molar-refractivity contribution is 7.89. The van der Waals surface area contributed by atoms with E-state index in [0.717, 1.165) is 0 Å². The first-order chi connectivity index (χ1) is 12.5. The monoisotopic (exact) mass is 395 g/mol. The van der Waals surface area contributed by atoms with Crippen molar-refractivity contribution in [3.05, 3.63) is 64.7 Å². The third-order valence-electron chi connectivity index (χ3n) is 3.94. The summed E-state index contributed by atoms with van der Waals surface area (Å²) in [6.45, 7) is 1.40. The first-order valence-corrected chi connectivity index (χ1v) is 9.88. The zero-order valence-corrected chi connectivity index (χ0v) is 15.5. The topological polar surface area (TPSA) is 72.9 Å². The number of morpholine rings is 1. The number of rotatable bonds is 5. The van der Waals surface area contributed by atoms with Crippen LogP contribution in [-0.4, -0.2) is 45.0 Å². The number of halogens is 1. The van der Waals surface area contributed by atoms with Crippen molar-refractivity contribution in [1.82, 2.24) is 4.31 Å². The zero-order chi connectivity index (χ0) is 18.6. The lowest BCUT2D eigenvalue weighted by Crippen LogP contribution is -2.40. The Kier molecular flexibility index (Phi) is 5.93. The van der Waals surface area contributed by atoms with Gasteiger partial charge in [-0.3, -0.25) is 0 Å². The van der Waals surface area contributed by atoms with Crippen LogP contribution in [0, 0.1) is 0 Å². The Hall–Kier alpha value is -1.93. The van der Waals surface area contributed by atoms with Crippen LogP contribution in [0.15, 0.2) is 53.4 Å². The molecule has 8 heteroatoms. The quantitative estimate of drug-likeness (QED) is 0.728. The average Bonchev–Trinajstić information content (AvgIpc) is 2.67. The van der Waals surface area contributed by atoms with Crippen LogP contribution in [0.3, 0.4) is 0 Å². The van der Waals surface area contributed by atoms with E-state index in [-0.39, 0.29) is 11.5 Å². The van der Waals surface area contributed by atoms with Gasteiger partial charge < -0.3 is 9.47 Å². The van der Waals surface area contributed by atoms with Gasteiger partial charge in [0.1, 0.15) is 6.61 Å². The first kappa shape index (κ1) is 18.8. The Morgan fingerprint density at radius 2 is 1.85 bits per heavy atom. The summed E-state index contributed by atoms with van der Waals surface area (Å²) in [4.78, 5) is 12.3. The minimum absolute atomic E-state index is 0.0299. The number of carbonyl (C=O) groups is 1. The van der Waals surface area contributed by atoms with Crippen LogP contribution in [0.4, 0.5) is 0 Å². The summed E-state index contributed by atoms with van der Waals surface area (Å²) < 4.78 is 37.2. The largest absolute Gasteiger partial charge is 0.457 e. The van der Waals surface area contributed by atoms with Gasteiger partial charge in [0, 0.05) is 18.1 Å². The molecule has 0 aliphatic carbocycles. The molecule has 3 rings (SSSR count). The first-order valence-electron chi connectivity index (χ1n) is 8.06. The minimum atomic E-state index is -3.59. The molecule has 6 nitrogen and oxygen atoms in total. The molecule has 0 N–H and O–H groups in total. The van der Waals surface area contributed by atoms with Crippen LogP contribution >= 0.6 is 11.6 Å². The molecule has 0 radical (unpaired) electrons. The minimum Gasteiger partial charge on any atom is -0.457 e. The van der Waals surface area contributed by atoms with E-state index >= 15 is 0 Å². The zero-order valence-electron chi connectivity index (χ0n) is 13.9. The Labute approximate surface area is 157 Å². The van der Waals surface area contributed by atoms with Crippen molar-refractivity contribution in [3.63, 3.8) is 0 Å². The second-order valence-electron chi connectivity index (χ2n) is 5.75. The molecule has 26 heavy (non-hydrogen) atoms. The van der Waals surface area contributed by atoms with Crippen LogP contribution in [0.1, 0.15) is 15.9 Å². The maximum Gasteiger partial charge on any atom is 0.338 e. The number of nitrogens with zero attached hydrogens (tertiary/aromatic N) is 1. The lowest BCUT2D eigenvalue weighted by Gasteiger charge is -2.26. The summed E-state index contributed by atoms with van der Waals surface area (Å²) in [7, 11) is -3.59. The second-order valence-corrected chi connectivity index (χ2v) is 8.12. The fourth-order valence-corrected chi connectivity index (χ4v) is 4.25. The molecule has 0 saturated carbocycles. The van der Waals surface area contributed by atoms with Gasteiger partial charge in [0.25, 0.3) is 0 Å². The van der Waals surface area contributed by atoms with Gasteiger partial charge in [0.2, 0.25) is 10.0 Å². The molecule has 0 bridgehead atoms. The Morgan fingerprint density at radius 3 is 2.58 bits per heavy atom. The third-order valence-corrected chi connectivity index (χ3v) is 6.07. The van der Waals surface area contributed by atoms with E-state index in [0.29, 0.717) is 42.5 Å². The number of hydrogen-bond donors (Lipinski definition) is 0. The second kappa shape index (κ2) is 8.18. The molecular formula is C18H18ClNO5S. The molecule has 2 aromatic rings. The highest BCUT2D eigenvalue weighted by Crippen LogP contribution is 2.19. The average molecular weight is 396 g/mol. The molecule has 0 aromatic heterocycles. The van der Waals surface area contributed by atoms with Crippen molar-refractivity contribution in [2.75, 3.05) is 26.3 Å². The molecule has 1 aliphatic heterocycles. The fourth-order valence-electron chi connectivity index (χ4n) is 2.58. The molecule has 0 unspecified atom stereocenters. The van der Waals surface area contributed by atoms with E-state index in [4.69, 9.17) is 21.1 Å². The highest BCUT2D eigenvalue weighted by Gasteiger charge is 2.26. The highest BCUT2D eigenvalue weighted by atomic mass is 35.5. The molecular weight excluding hydrogens is 378 g/mol. The van der Waals surface area contributed by atoms with Gasteiger partial charge in [-0.1, -0.05) is 29.8 Å². The van der Waals surface area contributed by atoms with Crippen molar-refractivity contribution < 1.29 is 22.7 Å². The number of hydrogen-bond acceptors (Lipinski definition) is 5. The van der Waals surface area contributed by atoms with Crippen molar-refractivity contribution in [3.8, 4) is 0 Å². The summed E-state index contributed by atoms with van der Waals surface area (Å²) >= 11 is 5.86.